The molecule has 0 atom stereocenters. The number of ether oxygens (including phenoxy) is 2. The highest BCUT2D eigenvalue weighted by molar-refractivity contribution is 5.78. The van der Waals surface area contributed by atoms with E-state index >= 15 is 0 Å². The van der Waals surface area contributed by atoms with Gasteiger partial charge in [-0.25, -0.2) is 0 Å². The lowest BCUT2D eigenvalue weighted by Gasteiger charge is -2.15. The summed E-state index contributed by atoms with van der Waals surface area (Å²) in [6.45, 7) is 0. The number of carbonyl (C=O) groups excluding carboxylic acids is 1. The fourth-order valence-electron chi connectivity index (χ4n) is 2.77. The van der Waals surface area contributed by atoms with Crippen molar-refractivity contribution in [3.05, 3.63) is 63.8 Å². The first-order valence-corrected chi connectivity index (χ1v) is 7.93. The number of carbonyl (C=O) groups is 1. The number of methoxy groups -OCH3 is 2. The summed E-state index contributed by atoms with van der Waals surface area (Å²) < 4.78 is 10.7. The molecule has 2 aromatic carbocycles. The van der Waals surface area contributed by atoms with Crippen molar-refractivity contribution < 1.29 is 18.7 Å². The van der Waals surface area contributed by atoms with Crippen molar-refractivity contribution in [3.63, 3.8) is 0 Å². The monoisotopic (exact) mass is 365 g/mol. The van der Waals surface area contributed by atoms with Gasteiger partial charge in [0.25, 0.3) is 5.52 Å². The second-order valence-electron chi connectivity index (χ2n) is 5.70. The zero-order valence-electron chi connectivity index (χ0n) is 14.6. The van der Waals surface area contributed by atoms with Gasteiger partial charge in [0.15, 0.2) is 5.69 Å². The van der Waals surface area contributed by atoms with E-state index in [9.17, 15) is 20.2 Å². The van der Waals surface area contributed by atoms with Gasteiger partial charge < -0.3 is 19.4 Å². The van der Waals surface area contributed by atoms with Crippen molar-refractivity contribution in [3.8, 4) is 23.1 Å². The molecule has 0 unspecified atom stereocenters. The minimum atomic E-state index is -0.392. The van der Waals surface area contributed by atoms with E-state index in [0.29, 0.717) is 26.0 Å². The van der Waals surface area contributed by atoms with E-state index in [1.54, 1.807) is 36.4 Å². The number of fused-ring (bicyclic) bond motifs is 1. The van der Waals surface area contributed by atoms with E-state index in [4.69, 9.17) is 4.74 Å². The molecule has 0 N–H and O–H groups in total. The van der Waals surface area contributed by atoms with Gasteiger partial charge >= 0.3 is 11.7 Å². The zero-order valence-corrected chi connectivity index (χ0v) is 14.6. The number of esters is 1. The molecule has 0 radical (unpaired) electrons. The van der Waals surface area contributed by atoms with Gasteiger partial charge in [-0.05, 0) is 23.8 Å². The average Bonchev–Trinajstić information content (AvgIpc) is 2.70. The molecule has 0 saturated carbocycles. The third kappa shape index (κ3) is 3.18. The summed E-state index contributed by atoms with van der Waals surface area (Å²) in [4.78, 5) is 24.2. The first-order valence-electron chi connectivity index (χ1n) is 7.93. The number of benzene rings is 2. The van der Waals surface area contributed by atoms with E-state index in [2.05, 4.69) is 4.74 Å². The molecular weight excluding hydrogens is 350 g/mol. The first kappa shape index (κ1) is 17.9. The summed E-state index contributed by atoms with van der Waals surface area (Å²) in [5.74, 6) is 0.00677. The van der Waals surface area contributed by atoms with E-state index in [1.165, 1.54) is 26.4 Å². The van der Waals surface area contributed by atoms with Crippen LogP contribution in [0.1, 0.15) is 11.3 Å². The summed E-state index contributed by atoms with van der Waals surface area (Å²) in [7, 11) is 2.74. The van der Waals surface area contributed by atoms with Crippen LogP contribution in [0.3, 0.4) is 0 Å². The number of nitriles is 1. The topological polar surface area (TPSA) is 110 Å². The van der Waals surface area contributed by atoms with Gasteiger partial charge in [0.05, 0.1) is 30.6 Å². The molecule has 27 heavy (non-hydrogen) atoms. The number of nitrogens with zero attached hydrogens (tertiary/aromatic N) is 3. The van der Waals surface area contributed by atoms with Crippen LogP contribution in [-0.4, -0.2) is 24.9 Å². The van der Waals surface area contributed by atoms with Crippen LogP contribution in [0.25, 0.3) is 22.3 Å². The van der Waals surface area contributed by atoms with Gasteiger partial charge in [0, 0.05) is 17.0 Å². The van der Waals surface area contributed by atoms with Crippen LogP contribution < -0.4 is 9.16 Å². The Morgan fingerprint density at radius 1 is 1.22 bits per heavy atom. The molecule has 3 aromatic rings. The van der Waals surface area contributed by atoms with Gasteiger partial charge in [-0.3, -0.25) is 4.79 Å². The Morgan fingerprint density at radius 3 is 2.52 bits per heavy atom. The molecule has 0 saturated heterocycles. The third-order valence-electron chi connectivity index (χ3n) is 4.16. The lowest BCUT2D eigenvalue weighted by Crippen LogP contribution is -2.24. The maximum Gasteiger partial charge on any atom is 0.309 e. The molecular formula is C19H15N3O5. The SMILES string of the molecule is COC(=O)Cc1ccc(-c2c(C#N)n([O-])c3cc(OC)ccc3[n+]2=O)cc1. The summed E-state index contributed by atoms with van der Waals surface area (Å²) in [6.07, 6.45) is 0.0817. The first-order chi connectivity index (χ1) is 13.0. The van der Waals surface area contributed by atoms with Crippen LogP contribution >= 0.6 is 0 Å². The van der Waals surface area contributed by atoms with E-state index in [1.807, 2.05) is 0 Å². The molecule has 1 aromatic heterocycles. The summed E-state index contributed by atoms with van der Waals surface area (Å²) in [5, 5.41) is 22.1. The Labute approximate surface area is 154 Å². The van der Waals surface area contributed by atoms with Crippen molar-refractivity contribution in [2.75, 3.05) is 14.2 Å². The molecule has 0 fully saturated rings. The standard InChI is InChI=1S/C19H15N3O5/c1-26-14-7-8-15-16(10-14)21(24)17(11-20)19(22(15)25)13-5-3-12(4-6-13)9-18(23)27-2/h3-8,10H,9H2,1-2H3. The number of rotatable bonds is 4. The molecule has 3 rings (SSSR count). The lowest BCUT2D eigenvalue weighted by molar-refractivity contribution is -0.452. The van der Waals surface area contributed by atoms with E-state index in [-0.39, 0.29) is 28.8 Å². The molecule has 0 amide bonds. The minimum Gasteiger partial charge on any atom is -0.804 e. The Morgan fingerprint density at radius 2 is 1.93 bits per heavy atom. The van der Waals surface area contributed by atoms with Crippen LogP contribution in [-0.2, 0) is 16.0 Å². The Balaban J connectivity index is 2.20. The normalized spacial score (nSPS) is 10.4. The highest BCUT2D eigenvalue weighted by atomic mass is 16.5. The van der Waals surface area contributed by atoms with Gasteiger partial charge in [-0.15, -0.1) is 0 Å². The maximum absolute atomic E-state index is 12.9. The summed E-state index contributed by atoms with van der Waals surface area (Å²) in [5.41, 5.74) is 0.825. The quantitative estimate of drug-likeness (QED) is 0.517. The number of aromatic nitrogens is 2. The molecule has 0 spiro atoms. The van der Waals surface area contributed by atoms with Crippen molar-refractivity contribution in [2.24, 2.45) is 0 Å². The molecule has 8 heteroatoms. The van der Waals surface area contributed by atoms with Crippen molar-refractivity contribution in [2.45, 2.75) is 6.42 Å². The van der Waals surface area contributed by atoms with E-state index < -0.39 is 5.97 Å². The minimum absolute atomic E-state index is 0.0342. The number of hydrogen-bond donors (Lipinski definition) is 0. The smallest absolute Gasteiger partial charge is 0.309 e. The zero-order chi connectivity index (χ0) is 19.6. The molecule has 1 heterocycles. The highest BCUT2D eigenvalue weighted by Crippen LogP contribution is 2.25. The van der Waals surface area contributed by atoms with Gasteiger partial charge in [-0.1, -0.05) is 12.1 Å². The predicted octanol–water partition coefficient (Wildman–Crippen LogP) is 2.16. The highest BCUT2D eigenvalue weighted by Gasteiger charge is 2.24. The van der Waals surface area contributed by atoms with Crippen LogP contribution in [0.5, 0.6) is 5.75 Å². The van der Waals surface area contributed by atoms with Crippen molar-refractivity contribution in [1.29, 1.82) is 5.26 Å². The molecule has 8 nitrogen and oxygen atoms in total. The van der Waals surface area contributed by atoms with Crippen LogP contribution in [0.2, 0.25) is 0 Å². The van der Waals surface area contributed by atoms with Gasteiger partial charge in [0.1, 0.15) is 17.3 Å². The Kier molecular flexibility index (Phi) is 4.77. The Hall–Kier alpha value is -3.86. The summed E-state index contributed by atoms with van der Waals surface area (Å²) >= 11 is 0. The van der Waals surface area contributed by atoms with Gasteiger partial charge in [-0.2, -0.15) is 5.26 Å². The third-order valence-corrected chi connectivity index (χ3v) is 4.16. The van der Waals surface area contributed by atoms with Crippen LogP contribution in [0, 0.1) is 21.4 Å². The molecule has 0 aliphatic rings. The average molecular weight is 365 g/mol. The fourth-order valence-corrected chi connectivity index (χ4v) is 2.77. The second kappa shape index (κ2) is 7.17. The predicted molar refractivity (Wildman–Crippen MR) is 96.5 cm³/mol. The van der Waals surface area contributed by atoms with Crippen LogP contribution in [0.15, 0.2) is 42.5 Å². The largest absolute Gasteiger partial charge is 0.804 e. The summed E-state index contributed by atoms with van der Waals surface area (Å²) in [6, 6.07) is 12.7. The van der Waals surface area contributed by atoms with Crippen molar-refractivity contribution in [1.82, 2.24) is 4.73 Å². The van der Waals surface area contributed by atoms with Gasteiger partial charge in [0.2, 0.25) is 0 Å². The molecule has 0 aliphatic heterocycles. The lowest BCUT2D eigenvalue weighted by atomic mass is 10.1. The van der Waals surface area contributed by atoms with E-state index in [0.717, 1.165) is 0 Å². The van der Waals surface area contributed by atoms with Crippen molar-refractivity contribution >= 4 is 17.0 Å². The van der Waals surface area contributed by atoms with Crippen LogP contribution in [0.4, 0.5) is 0 Å². The molecule has 0 aliphatic carbocycles. The Bertz CT molecular complexity index is 1130. The second-order valence-corrected chi connectivity index (χ2v) is 5.70. The molecule has 136 valence electrons. The molecule has 0 bridgehead atoms. The number of hydrogen-bond acceptors (Lipinski definition) is 6. The maximum atomic E-state index is 12.9. The fraction of sp³-hybridized carbons (Fsp3) is 0.158.